The first-order valence-corrected chi connectivity index (χ1v) is 8.26. The summed E-state index contributed by atoms with van der Waals surface area (Å²) >= 11 is 1.65. The molecule has 1 aliphatic rings. The molecular weight excluding hydrogens is 258 g/mol. The van der Waals surface area contributed by atoms with Crippen LogP contribution in [0.5, 0.6) is 0 Å². The van der Waals surface area contributed by atoms with Crippen molar-refractivity contribution in [2.75, 3.05) is 25.5 Å². The predicted molar refractivity (Wildman–Crippen MR) is 68.7 cm³/mol. The van der Waals surface area contributed by atoms with Crippen LogP contribution in [0.2, 0.25) is 0 Å². The number of hydrogen-bond acceptors (Lipinski definition) is 4. The van der Waals surface area contributed by atoms with Crippen LogP contribution in [0.3, 0.4) is 0 Å². The van der Waals surface area contributed by atoms with Gasteiger partial charge in [-0.05, 0) is 30.2 Å². The second-order valence-electron chi connectivity index (χ2n) is 4.23. The minimum Gasteiger partial charge on any atom is -0.381 e. The summed E-state index contributed by atoms with van der Waals surface area (Å²) in [4.78, 5) is 1.21. The quantitative estimate of drug-likeness (QED) is 0.850. The van der Waals surface area contributed by atoms with E-state index in [-0.39, 0.29) is 11.7 Å². The van der Waals surface area contributed by atoms with Crippen molar-refractivity contribution in [3.8, 4) is 0 Å². The minimum absolute atomic E-state index is 0.161. The molecule has 0 spiro atoms. The Kier molecular flexibility index (Phi) is 4.55. The van der Waals surface area contributed by atoms with Crippen molar-refractivity contribution in [2.24, 2.45) is 5.92 Å². The first-order valence-electron chi connectivity index (χ1n) is 5.73. The number of rotatable bonds is 6. The molecule has 0 aromatic carbocycles. The zero-order valence-corrected chi connectivity index (χ0v) is 11.2. The molecule has 1 aromatic heterocycles. The molecule has 6 heteroatoms. The summed E-state index contributed by atoms with van der Waals surface area (Å²) in [5.41, 5.74) is 0. The van der Waals surface area contributed by atoms with Crippen LogP contribution >= 0.6 is 11.3 Å². The first kappa shape index (κ1) is 13.0. The third-order valence-corrected chi connectivity index (χ3v) is 5.24. The van der Waals surface area contributed by atoms with Gasteiger partial charge in [-0.15, -0.1) is 11.3 Å². The van der Waals surface area contributed by atoms with Crippen molar-refractivity contribution in [3.05, 3.63) is 22.4 Å². The zero-order valence-electron chi connectivity index (χ0n) is 9.59. The monoisotopic (exact) mass is 275 g/mol. The number of hydrogen-bond donors (Lipinski definition) is 1. The molecule has 1 N–H and O–H groups in total. The molecule has 0 bridgehead atoms. The van der Waals surface area contributed by atoms with Gasteiger partial charge in [-0.3, -0.25) is 0 Å². The van der Waals surface area contributed by atoms with Crippen LogP contribution in [0.15, 0.2) is 17.5 Å². The van der Waals surface area contributed by atoms with E-state index in [1.807, 2.05) is 17.5 Å². The highest BCUT2D eigenvalue weighted by atomic mass is 32.2. The van der Waals surface area contributed by atoms with Gasteiger partial charge in [-0.1, -0.05) is 6.07 Å². The second kappa shape index (κ2) is 5.95. The lowest BCUT2D eigenvalue weighted by Gasteiger charge is -2.09. The van der Waals surface area contributed by atoms with Crippen LogP contribution in [-0.2, 0) is 21.2 Å². The molecule has 2 rings (SSSR count). The minimum atomic E-state index is -3.14. The van der Waals surface area contributed by atoms with E-state index in [2.05, 4.69) is 4.72 Å². The fraction of sp³-hybridized carbons (Fsp3) is 0.636. The van der Waals surface area contributed by atoms with Crippen molar-refractivity contribution in [1.82, 2.24) is 4.72 Å². The van der Waals surface area contributed by atoms with Crippen molar-refractivity contribution in [2.45, 2.75) is 12.8 Å². The number of thiophene rings is 1. The van der Waals surface area contributed by atoms with Crippen LogP contribution < -0.4 is 4.72 Å². The summed E-state index contributed by atoms with van der Waals surface area (Å²) < 4.78 is 31.3. The number of ether oxygens (including phenoxy) is 1. The molecule has 0 amide bonds. The van der Waals surface area contributed by atoms with E-state index in [0.717, 1.165) is 12.8 Å². The molecule has 1 fully saturated rings. The topological polar surface area (TPSA) is 55.4 Å². The lowest BCUT2D eigenvalue weighted by Crippen LogP contribution is -2.31. The molecule has 1 aromatic rings. The molecule has 1 saturated heterocycles. The molecule has 96 valence electrons. The van der Waals surface area contributed by atoms with Crippen LogP contribution in [0, 0.1) is 5.92 Å². The molecule has 0 saturated carbocycles. The normalized spacial score (nSPS) is 20.8. The molecule has 0 unspecified atom stereocenters. The molecule has 2 heterocycles. The summed E-state index contributed by atoms with van der Waals surface area (Å²) in [5.74, 6) is 0.353. The number of nitrogens with one attached hydrogen (secondary N) is 1. The van der Waals surface area contributed by atoms with Crippen LogP contribution in [0.4, 0.5) is 0 Å². The van der Waals surface area contributed by atoms with Gasteiger partial charge >= 0.3 is 0 Å². The van der Waals surface area contributed by atoms with Crippen LogP contribution in [0.25, 0.3) is 0 Å². The highest BCUT2D eigenvalue weighted by Crippen LogP contribution is 2.14. The summed E-state index contributed by atoms with van der Waals surface area (Å²) in [6.45, 7) is 1.75. The largest absolute Gasteiger partial charge is 0.381 e. The van der Waals surface area contributed by atoms with Gasteiger partial charge in [-0.2, -0.15) is 0 Å². The van der Waals surface area contributed by atoms with Gasteiger partial charge in [0.15, 0.2) is 0 Å². The van der Waals surface area contributed by atoms with E-state index >= 15 is 0 Å². The number of sulfonamides is 1. The van der Waals surface area contributed by atoms with Crippen molar-refractivity contribution >= 4 is 21.4 Å². The van der Waals surface area contributed by atoms with Crippen molar-refractivity contribution < 1.29 is 13.2 Å². The van der Waals surface area contributed by atoms with Gasteiger partial charge in [0.05, 0.1) is 12.4 Å². The first-order chi connectivity index (χ1) is 8.16. The Labute approximate surface area is 106 Å². The standard InChI is InChI=1S/C11H17NO3S2/c13-17(14,9-10-4-6-15-8-10)12-5-3-11-2-1-7-16-11/h1-2,7,10,12H,3-6,8-9H2/t10-/m1/s1. The van der Waals surface area contributed by atoms with Gasteiger partial charge in [0.1, 0.15) is 0 Å². The van der Waals surface area contributed by atoms with Crippen molar-refractivity contribution in [1.29, 1.82) is 0 Å². The lowest BCUT2D eigenvalue weighted by atomic mass is 10.2. The summed E-state index contributed by atoms with van der Waals surface area (Å²) in [7, 11) is -3.14. The Balaban J connectivity index is 1.73. The summed E-state index contributed by atoms with van der Waals surface area (Å²) in [5, 5.41) is 2.00. The maximum atomic E-state index is 11.8. The van der Waals surface area contributed by atoms with Gasteiger partial charge in [-0.25, -0.2) is 13.1 Å². The van der Waals surface area contributed by atoms with E-state index in [1.165, 1.54) is 4.88 Å². The van der Waals surface area contributed by atoms with Gasteiger partial charge in [0, 0.05) is 18.0 Å². The Morgan fingerprint density at radius 3 is 3.06 bits per heavy atom. The third-order valence-electron chi connectivity index (χ3n) is 2.75. The fourth-order valence-corrected chi connectivity index (χ4v) is 3.99. The SMILES string of the molecule is O=S(=O)(C[C@@H]1CCOC1)NCCc1cccs1. The molecule has 0 radical (unpaired) electrons. The average Bonchev–Trinajstić information content (AvgIpc) is 2.89. The van der Waals surface area contributed by atoms with Gasteiger partial charge in [0.2, 0.25) is 10.0 Å². The van der Waals surface area contributed by atoms with E-state index < -0.39 is 10.0 Å². The smallest absolute Gasteiger partial charge is 0.211 e. The summed E-state index contributed by atoms with van der Waals surface area (Å²) in [6.07, 6.45) is 1.61. The molecular formula is C11H17NO3S2. The fourth-order valence-electron chi connectivity index (χ4n) is 1.87. The van der Waals surface area contributed by atoms with Gasteiger partial charge < -0.3 is 4.74 Å². The lowest BCUT2D eigenvalue weighted by molar-refractivity contribution is 0.188. The second-order valence-corrected chi connectivity index (χ2v) is 7.12. The van der Waals surface area contributed by atoms with Crippen molar-refractivity contribution in [3.63, 3.8) is 0 Å². The Morgan fingerprint density at radius 1 is 1.53 bits per heavy atom. The molecule has 0 aliphatic carbocycles. The highest BCUT2D eigenvalue weighted by Gasteiger charge is 2.22. The van der Waals surface area contributed by atoms with E-state index in [4.69, 9.17) is 4.74 Å². The molecule has 4 nitrogen and oxygen atoms in total. The maximum Gasteiger partial charge on any atom is 0.211 e. The van der Waals surface area contributed by atoms with Crippen LogP contribution in [0.1, 0.15) is 11.3 Å². The Morgan fingerprint density at radius 2 is 2.41 bits per heavy atom. The zero-order chi connectivity index (χ0) is 12.1. The summed E-state index contributed by atoms with van der Waals surface area (Å²) in [6, 6.07) is 3.99. The molecule has 1 aliphatic heterocycles. The van der Waals surface area contributed by atoms with Gasteiger partial charge in [0.25, 0.3) is 0 Å². The Bertz CT molecular complexity index is 422. The predicted octanol–water partition coefficient (Wildman–Crippen LogP) is 1.25. The molecule has 1 atom stereocenters. The average molecular weight is 275 g/mol. The highest BCUT2D eigenvalue weighted by molar-refractivity contribution is 7.89. The van der Waals surface area contributed by atoms with E-state index in [0.29, 0.717) is 19.8 Å². The van der Waals surface area contributed by atoms with E-state index in [9.17, 15) is 8.42 Å². The molecule has 17 heavy (non-hydrogen) atoms. The Hall–Kier alpha value is -0.430. The maximum absolute atomic E-state index is 11.8. The third kappa shape index (κ3) is 4.39. The van der Waals surface area contributed by atoms with E-state index in [1.54, 1.807) is 11.3 Å². The van der Waals surface area contributed by atoms with Crippen LogP contribution in [-0.4, -0.2) is 33.9 Å².